The van der Waals surface area contributed by atoms with Crippen LogP contribution in [0.4, 0.5) is 5.69 Å². The fraction of sp³-hybridized carbons (Fsp3) is 0.588. The van der Waals surface area contributed by atoms with Crippen molar-refractivity contribution in [3.05, 3.63) is 30.3 Å². The summed E-state index contributed by atoms with van der Waals surface area (Å²) in [7, 11) is 1.43. The third kappa shape index (κ3) is 3.38. The summed E-state index contributed by atoms with van der Waals surface area (Å²) in [5, 5.41) is 0. The zero-order valence-corrected chi connectivity index (χ0v) is 13.3. The van der Waals surface area contributed by atoms with Crippen LogP contribution in [0.2, 0.25) is 0 Å². The van der Waals surface area contributed by atoms with E-state index in [9.17, 15) is 4.79 Å². The SMILES string of the molecule is CCC1N(c2ccccc2)CC(C(=O)OC)COC1(C)C. The maximum absolute atomic E-state index is 12.0. The summed E-state index contributed by atoms with van der Waals surface area (Å²) in [6, 6.07) is 10.4. The third-order valence-electron chi connectivity index (χ3n) is 4.26. The lowest BCUT2D eigenvalue weighted by atomic mass is 9.94. The molecule has 0 N–H and O–H groups in total. The maximum atomic E-state index is 12.0. The lowest BCUT2D eigenvalue weighted by Gasteiger charge is -2.40. The molecule has 0 amide bonds. The number of ether oxygens (including phenoxy) is 2. The van der Waals surface area contributed by atoms with Gasteiger partial charge in [-0.15, -0.1) is 0 Å². The summed E-state index contributed by atoms with van der Waals surface area (Å²) in [4.78, 5) is 14.3. The minimum absolute atomic E-state index is 0.205. The highest BCUT2D eigenvalue weighted by atomic mass is 16.5. The van der Waals surface area contributed by atoms with Crippen molar-refractivity contribution in [1.82, 2.24) is 0 Å². The molecule has 1 heterocycles. The van der Waals surface area contributed by atoms with Gasteiger partial charge in [0.05, 0.1) is 31.3 Å². The summed E-state index contributed by atoms with van der Waals surface area (Å²) in [5.74, 6) is -0.463. The van der Waals surface area contributed by atoms with Crippen LogP contribution in [0.3, 0.4) is 0 Å². The van der Waals surface area contributed by atoms with Crippen molar-refractivity contribution in [3.63, 3.8) is 0 Å². The summed E-state index contributed by atoms with van der Waals surface area (Å²) in [6.45, 7) is 7.37. The Labute approximate surface area is 127 Å². The third-order valence-corrected chi connectivity index (χ3v) is 4.26. The highest BCUT2D eigenvalue weighted by Crippen LogP contribution is 2.32. The number of esters is 1. The van der Waals surface area contributed by atoms with Gasteiger partial charge >= 0.3 is 5.97 Å². The van der Waals surface area contributed by atoms with Crippen LogP contribution in [-0.4, -0.2) is 37.9 Å². The van der Waals surface area contributed by atoms with Gasteiger partial charge in [0.1, 0.15) is 0 Å². The molecule has 1 aromatic carbocycles. The molecule has 2 rings (SSSR count). The molecule has 0 aliphatic carbocycles. The van der Waals surface area contributed by atoms with Crippen LogP contribution in [0.25, 0.3) is 0 Å². The Kier molecular flexibility index (Phi) is 4.88. The van der Waals surface area contributed by atoms with Crippen molar-refractivity contribution in [1.29, 1.82) is 0 Å². The van der Waals surface area contributed by atoms with E-state index in [1.165, 1.54) is 7.11 Å². The van der Waals surface area contributed by atoms with Crippen molar-refractivity contribution >= 4 is 11.7 Å². The quantitative estimate of drug-likeness (QED) is 0.803. The average molecular weight is 291 g/mol. The Morgan fingerprint density at radius 2 is 2.05 bits per heavy atom. The predicted molar refractivity (Wildman–Crippen MR) is 83.4 cm³/mol. The van der Waals surface area contributed by atoms with Crippen LogP contribution in [-0.2, 0) is 14.3 Å². The van der Waals surface area contributed by atoms with Crippen LogP contribution in [0.15, 0.2) is 30.3 Å². The van der Waals surface area contributed by atoms with Crippen molar-refractivity contribution in [2.24, 2.45) is 5.92 Å². The van der Waals surface area contributed by atoms with E-state index in [-0.39, 0.29) is 23.5 Å². The van der Waals surface area contributed by atoms with E-state index < -0.39 is 0 Å². The lowest BCUT2D eigenvalue weighted by Crippen LogP contribution is -2.49. The molecule has 0 spiro atoms. The number of nitrogens with zero attached hydrogens (tertiary/aromatic N) is 1. The molecule has 1 saturated heterocycles. The monoisotopic (exact) mass is 291 g/mol. The van der Waals surface area contributed by atoms with E-state index in [1.807, 2.05) is 18.2 Å². The molecule has 4 heteroatoms. The largest absolute Gasteiger partial charge is 0.469 e. The summed E-state index contributed by atoms with van der Waals surface area (Å²) in [5.41, 5.74) is 0.810. The fourth-order valence-electron chi connectivity index (χ4n) is 3.13. The van der Waals surface area contributed by atoms with Gasteiger partial charge in [0.15, 0.2) is 0 Å². The number of para-hydroxylation sites is 1. The number of anilines is 1. The first-order valence-corrected chi connectivity index (χ1v) is 7.53. The van der Waals surface area contributed by atoms with Gasteiger partial charge in [-0.25, -0.2) is 0 Å². The second-order valence-corrected chi connectivity index (χ2v) is 6.05. The second kappa shape index (κ2) is 6.48. The van der Waals surface area contributed by atoms with E-state index in [0.29, 0.717) is 13.2 Å². The Morgan fingerprint density at radius 1 is 1.38 bits per heavy atom. The van der Waals surface area contributed by atoms with Gasteiger partial charge in [0.2, 0.25) is 0 Å². The second-order valence-electron chi connectivity index (χ2n) is 6.05. The van der Waals surface area contributed by atoms with Gasteiger partial charge in [-0.1, -0.05) is 25.1 Å². The predicted octanol–water partition coefficient (Wildman–Crippen LogP) is 2.87. The molecular weight excluding hydrogens is 266 g/mol. The van der Waals surface area contributed by atoms with Crippen molar-refractivity contribution in [2.75, 3.05) is 25.2 Å². The molecular formula is C17H25NO3. The zero-order valence-electron chi connectivity index (χ0n) is 13.3. The molecule has 4 nitrogen and oxygen atoms in total. The molecule has 116 valence electrons. The summed E-state index contributed by atoms with van der Waals surface area (Å²) >= 11 is 0. The number of hydrogen-bond acceptors (Lipinski definition) is 4. The molecule has 1 aliphatic heterocycles. The van der Waals surface area contributed by atoms with Crippen LogP contribution in [0.5, 0.6) is 0 Å². The molecule has 1 aliphatic rings. The first-order chi connectivity index (χ1) is 9.99. The smallest absolute Gasteiger partial charge is 0.312 e. The van der Waals surface area contributed by atoms with E-state index in [0.717, 1.165) is 12.1 Å². The Balaban J connectivity index is 2.37. The number of hydrogen-bond donors (Lipinski definition) is 0. The topological polar surface area (TPSA) is 38.8 Å². The first kappa shape index (κ1) is 15.8. The molecule has 0 radical (unpaired) electrons. The van der Waals surface area contributed by atoms with Crippen molar-refractivity contribution in [2.45, 2.75) is 38.8 Å². The van der Waals surface area contributed by atoms with Crippen molar-refractivity contribution < 1.29 is 14.3 Å². The number of carbonyl (C=O) groups is 1. The van der Waals surface area contributed by atoms with Gasteiger partial charge in [-0.05, 0) is 32.4 Å². The number of benzene rings is 1. The number of carbonyl (C=O) groups excluding carboxylic acids is 1. The molecule has 1 aromatic rings. The normalized spacial score (nSPS) is 25.2. The molecule has 2 unspecified atom stereocenters. The standard InChI is InChI=1S/C17H25NO3/c1-5-15-17(2,3)21-12-13(16(19)20-4)11-18(15)14-9-7-6-8-10-14/h6-10,13,15H,5,11-12H2,1-4H3. The minimum Gasteiger partial charge on any atom is -0.469 e. The highest BCUT2D eigenvalue weighted by Gasteiger charge is 2.40. The summed E-state index contributed by atoms with van der Waals surface area (Å²) in [6.07, 6.45) is 0.954. The van der Waals surface area contributed by atoms with Crippen molar-refractivity contribution in [3.8, 4) is 0 Å². The molecule has 1 fully saturated rings. The van der Waals surface area contributed by atoms with E-state index >= 15 is 0 Å². The Bertz CT molecular complexity index is 472. The fourth-order valence-corrected chi connectivity index (χ4v) is 3.13. The van der Waals surface area contributed by atoms with Gasteiger partial charge in [0.25, 0.3) is 0 Å². The van der Waals surface area contributed by atoms with Gasteiger partial charge in [-0.3, -0.25) is 4.79 Å². The van der Waals surface area contributed by atoms with E-state index in [2.05, 4.69) is 37.8 Å². The molecule has 0 saturated carbocycles. The number of rotatable bonds is 3. The molecule has 0 bridgehead atoms. The van der Waals surface area contributed by atoms with Crippen LogP contribution >= 0.6 is 0 Å². The Hall–Kier alpha value is -1.55. The first-order valence-electron chi connectivity index (χ1n) is 7.53. The Morgan fingerprint density at radius 3 is 2.62 bits per heavy atom. The van der Waals surface area contributed by atoms with Crippen LogP contribution in [0.1, 0.15) is 27.2 Å². The lowest BCUT2D eigenvalue weighted by molar-refractivity contribution is -0.148. The zero-order chi connectivity index (χ0) is 15.5. The van der Waals surface area contributed by atoms with E-state index in [4.69, 9.17) is 9.47 Å². The van der Waals surface area contributed by atoms with Gasteiger partial charge < -0.3 is 14.4 Å². The number of methoxy groups -OCH3 is 1. The average Bonchev–Trinajstić information content (AvgIpc) is 2.63. The van der Waals surface area contributed by atoms with Gasteiger partial charge in [0, 0.05) is 12.2 Å². The molecule has 2 atom stereocenters. The van der Waals surface area contributed by atoms with E-state index in [1.54, 1.807) is 0 Å². The van der Waals surface area contributed by atoms with Gasteiger partial charge in [-0.2, -0.15) is 0 Å². The summed E-state index contributed by atoms with van der Waals surface area (Å²) < 4.78 is 11.0. The molecule has 21 heavy (non-hydrogen) atoms. The maximum Gasteiger partial charge on any atom is 0.312 e. The van der Waals surface area contributed by atoms with Crippen LogP contribution < -0.4 is 4.90 Å². The minimum atomic E-state index is -0.312. The molecule has 0 aromatic heterocycles. The highest BCUT2D eigenvalue weighted by molar-refractivity contribution is 5.73. The van der Waals surface area contributed by atoms with Crippen LogP contribution in [0, 0.1) is 5.92 Å².